The van der Waals surface area contributed by atoms with Crippen LogP contribution in [-0.4, -0.2) is 142 Å². The van der Waals surface area contributed by atoms with Gasteiger partial charge in [-0.1, -0.05) is 233 Å². The summed E-state index contributed by atoms with van der Waals surface area (Å²) in [4.78, 5) is 68.7. The van der Waals surface area contributed by atoms with Crippen LogP contribution >= 0.6 is 0 Å². The molecule has 0 saturated heterocycles. The quantitative estimate of drug-likeness (QED) is 0.0242. The first-order valence-corrected chi connectivity index (χ1v) is 41.5. The van der Waals surface area contributed by atoms with E-state index in [1.807, 2.05) is 13.8 Å². The number of esters is 5. The molecule has 0 aliphatic heterocycles. The Hall–Kier alpha value is -6.01. The molecule has 16 nitrogen and oxygen atoms in total. The van der Waals surface area contributed by atoms with E-state index < -0.39 is 39.7 Å². The summed E-state index contributed by atoms with van der Waals surface area (Å²) in [5, 5.41) is 0. The maximum Gasteiger partial charge on any atom is 0.312 e. The molecule has 0 aromatic carbocycles. The third-order valence-electron chi connectivity index (χ3n) is 20.2. The Kier molecular flexibility index (Phi) is 57.8. The molecule has 7 unspecified atom stereocenters. The van der Waals surface area contributed by atoms with Crippen molar-refractivity contribution in [1.29, 1.82) is 0 Å². The summed E-state index contributed by atoms with van der Waals surface area (Å²) in [6.45, 7) is 36.6. The fraction of sp³-hybridized carbons (Fsp3) is 0.685. The van der Waals surface area contributed by atoms with Gasteiger partial charge in [0.25, 0.3) is 0 Å². The summed E-state index contributed by atoms with van der Waals surface area (Å²) in [5.41, 5.74) is -3.10. The monoisotopic (exact) mass is 1510 g/mol. The number of carbonyl (C=O) groups is 5. The van der Waals surface area contributed by atoms with E-state index in [1.54, 1.807) is 36.5 Å². The van der Waals surface area contributed by atoms with Gasteiger partial charge in [-0.15, -0.1) is 39.5 Å². The van der Waals surface area contributed by atoms with Crippen LogP contribution in [0.3, 0.4) is 0 Å². The molecule has 0 aromatic rings. The zero-order valence-electron chi connectivity index (χ0n) is 68.2. The lowest BCUT2D eigenvalue weighted by molar-refractivity contribution is -0.169. The molecule has 0 N–H and O–H groups in total. The molecule has 16 heteroatoms. The predicted octanol–water partition coefficient (Wildman–Crippen LogP) is 21.0. The minimum atomic E-state index is -0.935. The standard InChI is InChI=1S/C92H148O16/c1-12-21-24-26-27-28-29-30-31-32-33-36-41-47-54-84(93)104-69-83(108-86(95)56-49-43-38-40-46-53-82-60-58-80(51-44-25-22-13-2)68-90(82,11)88(97)107-78-92(74-101-64-18-7,75-102-65-19-8)76-103-66-20-9)70-105-85(94)55-48-42-37-34-35-39-45-52-81-59-57-79(50-23-14-3)67-89(81,10)87(96)106-77-91(71-98-61-15-4,72-99-62-16-5)73-100-63-17-6/h15-20,26-27,29-30,44-45,51-52,57-60,79-83H,4-9,12-14,21-25,28,31-43,46-50,53-56,61-78H2,1-3,10-11H3/b27-26+,30-29+,51-44+,52-45+. The van der Waals surface area contributed by atoms with Crippen LogP contribution in [0.1, 0.15) is 247 Å². The summed E-state index contributed by atoms with van der Waals surface area (Å²) in [7, 11) is 0. The Morgan fingerprint density at radius 1 is 0.398 bits per heavy atom. The van der Waals surface area contributed by atoms with Crippen LogP contribution in [0, 0.1) is 45.3 Å². The highest BCUT2D eigenvalue weighted by molar-refractivity contribution is 5.78. The number of ether oxygens (including phenoxy) is 11. The molecule has 0 bridgehead atoms. The normalized spacial score (nSPS) is 19.0. The van der Waals surface area contributed by atoms with E-state index in [0.29, 0.717) is 71.7 Å². The highest BCUT2D eigenvalue weighted by atomic mass is 16.6. The molecular formula is C92H148O16. The third kappa shape index (κ3) is 44.7. The van der Waals surface area contributed by atoms with Gasteiger partial charge in [0.05, 0.1) is 101 Å². The van der Waals surface area contributed by atoms with Crippen molar-refractivity contribution in [3.63, 3.8) is 0 Å². The number of hydrogen-bond acceptors (Lipinski definition) is 16. The molecule has 0 heterocycles. The van der Waals surface area contributed by atoms with E-state index in [1.165, 1.54) is 12.8 Å². The van der Waals surface area contributed by atoms with Crippen LogP contribution in [0.25, 0.3) is 0 Å². The number of hydrogen-bond donors (Lipinski definition) is 0. The van der Waals surface area contributed by atoms with Crippen molar-refractivity contribution in [3.05, 3.63) is 149 Å². The average molecular weight is 1510 g/mol. The fourth-order valence-electron chi connectivity index (χ4n) is 13.6. The second kappa shape index (κ2) is 63.6. The SMILES string of the molecule is C=CCOCC(COCC=C)(COCC=C)COC(=O)C1(C)CC(CCCC)C=CC1/C=C/CCCCCCCC(=O)OCC(COC(=O)CCCCCCC/C=C/C/C=C/CCCC)OC(=O)CCCCCCCC1C=CC(/C=C/CCCC)CC1(C)C(=O)OCC(COCC=C)(COCC=C)COCC=C. The van der Waals surface area contributed by atoms with Gasteiger partial charge >= 0.3 is 29.8 Å². The minimum Gasteiger partial charge on any atom is -0.464 e. The summed E-state index contributed by atoms with van der Waals surface area (Å²) in [6, 6.07) is 0. The topological polar surface area (TPSA) is 187 Å². The zero-order chi connectivity index (χ0) is 78.9. The predicted molar refractivity (Wildman–Crippen MR) is 439 cm³/mol. The van der Waals surface area contributed by atoms with Gasteiger partial charge in [0.1, 0.15) is 26.4 Å². The Balaban J connectivity index is 2.06. The van der Waals surface area contributed by atoms with Crippen LogP contribution < -0.4 is 0 Å². The van der Waals surface area contributed by atoms with Crippen LogP contribution in [-0.2, 0) is 76.1 Å². The van der Waals surface area contributed by atoms with Crippen LogP contribution in [0.2, 0.25) is 0 Å². The number of allylic oxidation sites excluding steroid dienone is 12. The van der Waals surface area contributed by atoms with Crippen molar-refractivity contribution in [3.8, 4) is 0 Å². The van der Waals surface area contributed by atoms with Gasteiger partial charge in [-0.3, -0.25) is 24.0 Å². The summed E-state index contributed by atoms with van der Waals surface area (Å²) < 4.78 is 65.6. The Morgan fingerprint density at radius 3 is 1.26 bits per heavy atom. The van der Waals surface area contributed by atoms with Gasteiger partial charge < -0.3 is 52.1 Å². The summed E-state index contributed by atoms with van der Waals surface area (Å²) in [5.74, 6) is -1.53. The van der Waals surface area contributed by atoms with E-state index in [9.17, 15) is 24.0 Å². The zero-order valence-corrected chi connectivity index (χ0v) is 68.2. The Bertz CT molecular complexity index is 2580. The number of rotatable bonds is 72. The molecule has 612 valence electrons. The van der Waals surface area contributed by atoms with Crippen LogP contribution in [0.4, 0.5) is 0 Å². The molecule has 0 radical (unpaired) electrons. The highest BCUT2D eigenvalue weighted by Crippen LogP contribution is 2.46. The maximum atomic E-state index is 14.6. The molecule has 0 spiro atoms. The first-order chi connectivity index (χ1) is 52.5. The lowest BCUT2D eigenvalue weighted by Gasteiger charge is -2.40. The molecule has 0 aromatic heterocycles. The second-order valence-electron chi connectivity index (χ2n) is 30.4. The van der Waals surface area contributed by atoms with Crippen molar-refractivity contribution in [2.75, 3.05) is 106 Å². The molecule has 0 amide bonds. The molecule has 0 fully saturated rings. The van der Waals surface area contributed by atoms with Gasteiger partial charge in [0, 0.05) is 25.2 Å². The molecule has 0 saturated carbocycles. The van der Waals surface area contributed by atoms with Gasteiger partial charge in [0.15, 0.2) is 6.10 Å². The van der Waals surface area contributed by atoms with E-state index in [-0.39, 0.29) is 127 Å². The van der Waals surface area contributed by atoms with E-state index in [4.69, 9.17) is 52.1 Å². The third-order valence-corrected chi connectivity index (χ3v) is 20.2. The maximum absolute atomic E-state index is 14.6. The molecule has 108 heavy (non-hydrogen) atoms. The fourth-order valence-corrected chi connectivity index (χ4v) is 13.6. The molecule has 2 rings (SSSR count). The van der Waals surface area contributed by atoms with Crippen LogP contribution in [0.5, 0.6) is 0 Å². The minimum absolute atomic E-state index is 0.0465. The molecular weight excluding hydrogens is 1360 g/mol. The number of carbonyl (C=O) groups excluding carboxylic acids is 5. The van der Waals surface area contributed by atoms with Crippen molar-refractivity contribution in [2.24, 2.45) is 45.3 Å². The Labute approximate surface area is 655 Å². The first kappa shape index (κ1) is 98.1. The van der Waals surface area contributed by atoms with E-state index >= 15 is 0 Å². The van der Waals surface area contributed by atoms with Crippen molar-refractivity contribution in [1.82, 2.24) is 0 Å². The average Bonchev–Trinajstić information content (AvgIpc) is 0.793. The second-order valence-corrected chi connectivity index (χ2v) is 30.4. The summed E-state index contributed by atoms with van der Waals surface area (Å²) in [6.07, 6.45) is 64.8. The summed E-state index contributed by atoms with van der Waals surface area (Å²) >= 11 is 0. The number of unbranched alkanes of at least 4 members (excludes halogenated alkanes) is 19. The Morgan fingerprint density at radius 2 is 0.796 bits per heavy atom. The first-order valence-electron chi connectivity index (χ1n) is 41.5. The van der Waals surface area contributed by atoms with Crippen molar-refractivity contribution in [2.45, 2.75) is 253 Å². The van der Waals surface area contributed by atoms with Gasteiger partial charge in [0.2, 0.25) is 0 Å². The highest BCUT2D eigenvalue weighted by Gasteiger charge is 2.47. The van der Waals surface area contributed by atoms with E-state index in [2.05, 4.69) is 133 Å². The lowest BCUT2D eigenvalue weighted by Crippen LogP contribution is -2.46. The van der Waals surface area contributed by atoms with Gasteiger partial charge in [-0.05, 0) is 121 Å². The largest absolute Gasteiger partial charge is 0.464 e. The lowest BCUT2D eigenvalue weighted by atomic mass is 9.65. The van der Waals surface area contributed by atoms with Crippen LogP contribution in [0.15, 0.2) is 149 Å². The van der Waals surface area contributed by atoms with E-state index in [0.717, 1.165) is 148 Å². The molecule has 2 aliphatic carbocycles. The van der Waals surface area contributed by atoms with Crippen molar-refractivity contribution < 1.29 is 76.1 Å². The van der Waals surface area contributed by atoms with Crippen molar-refractivity contribution >= 4 is 29.8 Å². The smallest absolute Gasteiger partial charge is 0.312 e. The molecule has 7 atom stereocenters. The van der Waals surface area contributed by atoms with Gasteiger partial charge in [-0.2, -0.15) is 0 Å². The molecule has 2 aliphatic rings. The van der Waals surface area contributed by atoms with Gasteiger partial charge in [-0.25, -0.2) is 0 Å².